The maximum atomic E-state index is 2.39. The molecule has 1 rings (SSSR count). The minimum Gasteiger partial charge on any atom is -0.0663 e. The minimum absolute atomic E-state index is 0.410. The summed E-state index contributed by atoms with van der Waals surface area (Å²) in [4.78, 5) is 0. The van der Waals surface area contributed by atoms with E-state index >= 15 is 0 Å². The van der Waals surface area contributed by atoms with Gasteiger partial charge < -0.3 is 0 Å². The molecule has 0 heterocycles. The molecule has 0 atom stereocenters. The van der Waals surface area contributed by atoms with E-state index in [0.717, 1.165) is 0 Å². The van der Waals surface area contributed by atoms with Crippen LogP contribution < -0.4 is 0 Å². The second-order valence-electron chi connectivity index (χ2n) is 4.94. The van der Waals surface area contributed by atoms with Gasteiger partial charge in [0.2, 0.25) is 0 Å². The summed E-state index contributed by atoms with van der Waals surface area (Å²) < 4.78 is 0. The molecule has 1 aliphatic carbocycles. The third-order valence-electron chi connectivity index (χ3n) is 3.26. The molecule has 0 aromatic heterocycles. The average Bonchev–Trinajstić information content (AvgIpc) is 2.33. The molecule has 0 heteroatoms. The van der Waals surface area contributed by atoms with Crippen LogP contribution in [0.3, 0.4) is 0 Å². The zero-order chi connectivity index (χ0) is 10.1. The van der Waals surface area contributed by atoms with Crippen LogP contribution in [0, 0.1) is 5.41 Å². The lowest BCUT2D eigenvalue weighted by atomic mass is 9.79. The van der Waals surface area contributed by atoms with Crippen molar-refractivity contribution in [2.45, 2.75) is 53.9 Å². The van der Waals surface area contributed by atoms with Gasteiger partial charge in [-0.1, -0.05) is 50.0 Å². The number of allylic oxidation sites excluding steroid dienone is 4. The number of hydrogen-bond acceptors (Lipinski definition) is 0. The maximum absolute atomic E-state index is 2.39. The van der Waals surface area contributed by atoms with Crippen molar-refractivity contribution in [2.24, 2.45) is 5.41 Å². The highest BCUT2D eigenvalue weighted by Gasteiger charge is 2.25. The normalized spacial score (nSPS) is 18.1. The first-order valence-electron chi connectivity index (χ1n) is 5.35. The quantitative estimate of drug-likeness (QED) is 0.597. The minimum atomic E-state index is 0.410. The molecule has 0 spiro atoms. The van der Waals surface area contributed by atoms with Gasteiger partial charge in [0.15, 0.2) is 0 Å². The van der Waals surface area contributed by atoms with Gasteiger partial charge in [-0.25, -0.2) is 0 Å². The maximum Gasteiger partial charge on any atom is -0.00969 e. The first-order chi connectivity index (χ1) is 5.97. The van der Waals surface area contributed by atoms with Gasteiger partial charge >= 0.3 is 0 Å². The van der Waals surface area contributed by atoms with Gasteiger partial charge in [-0.2, -0.15) is 0 Å². The molecular formula is C13H22. The van der Waals surface area contributed by atoms with E-state index in [9.17, 15) is 0 Å². The lowest BCUT2D eigenvalue weighted by Gasteiger charge is -2.26. The summed E-state index contributed by atoms with van der Waals surface area (Å²) in [5, 5.41) is 0. The first-order valence-corrected chi connectivity index (χ1v) is 5.35. The molecule has 0 aromatic rings. The highest BCUT2D eigenvalue weighted by Crippen LogP contribution is 2.40. The fraction of sp³-hybridized carbons (Fsp3) is 0.692. The van der Waals surface area contributed by atoms with Gasteiger partial charge in [0.1, 0.15) is 0 Å². The summed E-state index contributed by atoms with van der Waals surface area (Å²) >= 11 is 0. The van der Waals surface area contributed by atoms with Crippen molar-refractivity contribution in [3.8, 4) is 0 Å². The van der Waals surface area contributed by atoms with Crippen LogP contribution in [0.2, 0.25) is 0 Å². The molecule has 0 fully saturated rings. The summed E-state index contributed by atoms with van der Waals surface area (Å²) in [5.41, 5.74) is 5.08. The van der Waals surface area contributed by atoms with Crippen LogP contribution in [0.25, 0.3) is 0 Å². The Morgan fingerprint density at radius 3 is 2.31 bits per heavy atom. The van der Waals surface area contributed by atoms with Crippen LogP contribution in [0.4, 0.5) is 0 Å². The Kier molecular flexibility index (Phi) is 3.00. The van der Waals surface area contributed by atoms with Crippen LogP contribution in [0.1, 0.15) is 53.9 Å². The lowest BCUT2D eigenvalue weighted by molar-refractivity contribution is 0.396. The van der Waals surface area contributed by atoms with E-state index in [2.05, 4.69) is 40.7 Å². The van der Waals surface area contributed by atoms with Gasteiger partial charge in [-0.15, -0.1) is 0 Å². The molecular weight excluding hydrogens is 156 g/mol. The van der Waals surface area contributed by atoms with Crippen molar-refractivity contribution >= 4 is 0 Å². The average molecular weight is 178 g/mol. The molecule has 0 saturated heterocycles. The van der Waals surface area contributed by atoms with E-state index in [1.54, 1.807) is 11.1 Å². The molecule has 74 valence electrons. The zero-order valence-electron chi connectivity index (χ0n) is 9.70. The Morgan fingerprint density at radius 2 is 1.92 bits per heavy atom. The molecule has 0 saturated carbocycles. The van der Waals surface area contributed by atoms with Crippen molar-refractivity contribution in [2.75, 3.05) is 0 Å². The molecule has 0 amide bonds. The molecule has 0 aromatic carbocycles. The Hall–Kier alpha value is -0.520. The second-order valence-corrected chi connectivity index (χ2v) is 4.94. The monoisotopic (exact) mass is 178 g/mol. The summed E-state index contributed by atoms with van der Waals surface area (Å²) in [7, 11) is 0. The van der Waals surface area contributed by atoms with Crippen LogP contribution >= 0.6 is 0 Å². The van der Waals surface area contributed by atoms with Crippen LogP contribution in [0.5, 0.6) is 0 Å². The van der Waals surface area contributed by atoms with Gasteiger partial charge in [-0.05, 0) is 32.1 Å². The smallest absolute Gasteiger partial charge is 0.00969 e. The summed E-state index contributed by atoms with van der Waals surface area (Å²) in [6.07, 6.45) is 6.19. The Morgan fingerprint density at radius 1 is 1.31 bits per heavy atom. The van der Waals surface area contributed by atoms with Crippen molar-refractivity contribution in [3.05, 3.63) is 22.8 Å². The third-order valence-corrected chi connectivity index (χ3v) is 3.26. The predicted octanol–water partition coefficient (Wildman–Crippen LogP) is 4.48. The molecule has 0 bridgehead atoms. The fourth-order valence-electron chi connectivity index (χ4n) is 2.08. The Balaban J connectivity index is 2.73. The third kappa shape index (κ3) is 2.24. The summed E-state index contributed by atoms with van der Waals surface area (Å²) in [6.45, 7) is 11.5. The number of hydrogen-bond donors (Lipinski definition) is 0. The molecule has 13 heavy (non-hydrogen) atoms. The predicted molar refractivity (Wildman–Crippen MR) is 59.8 cm³/mol. The standard InChI is InChI=1S/C13H22/c1-6-7-13(4,5)12-8-10(2)11(3)9-12/h8H,6-7,9H2,1-5H3. The van der Waals surface area contributed by atoms with Crippen molar-refractivity contribution in [1.82, 2.24) is 0 Å². The molecule has 0 N–H and O–H groups in total. The van der Waals surface area contributed by atoms with Crippen LogP contribution in [-0.2, 0) is 0 Å². The first kappa shape index (κ1) is 10.6. The van der Waals surface area contributed by atoms with Gasteiger partial charge in [0.25, 0.3) is 0 Å². The second kappa shape index (κ2) is 3.69. The highest BCUT2D eigenvalue weighted by atomic mass is 14.3. The topological polar surface area (TPSA) is 0 Å². The Bertz CT molecular complexity index is 251. The molecule has 0 unspecified atom stereocenters. The molecule has 0 aliphatic heterocycles. The van der Waals surface area contributed by atoms with Crippen molar-refractivity contribution < 1.29 is 0 Å². The van der Waals surface area contributed by atoms with E-state index in [1.165, 1.54) is 24.8 Å². The van der Waals surface area contributed by atoms with E-state index in [1.807, 2.05) is 0 Å². The van der Waals surface area contributed by atoms with E-state index in [-0.39, 0.29) is 0 Å². The number of rotatable bonds is 3. The van der Waals surface area contributed by atoms with Crippen molar-refractivity contribution in [1.29, 1.82) is 0 Å². The molecule has 1 aliphatic rings. The van der Waals surface area contributed by atoms with E-state index in [0.29, 0.717) is 5.41 Å². The van der Waals surface area contributed by atoms with E-state index in [4.69, 9.17) is 0 Å². The van der Waals surface area contributed by atoms with Gasteiger partial charge in [-0.3, -0.25) is 0 Å². The van der Waals surface area contributed by atoms with Gasteiger partial charge in [0, 0.05) is 0 Å². The lowest BCUT2D eigenvalue weighted by Crippen LogP contribution is -2.13. The Labute approximate surface area is 82.7 Å². The van der Waals surface area contributed by atoms with Crippen LogP contribution in [0.15, 0.2) is 22.8 Å². The van der Waals surface area contributed by atoms with Crippen molar-refractivity contribution in [3.63, 3.8) is 0 Å². The van der Waals surface area contributed by atoms with Crippen LogP contribution in [-0.4, -0.2) is 0 Å². The summed E-state index contributed by atoms with van der Waals surface area (Å²) in [5.74, 6) is 0. The molecule has 0 radical (unpaired) electrons. The van der Waals surface area contributed by atoms with E-state index < -0.39 is 0 Å². The fourth-order valence-corrected chi connectivity index (χ4v) is 2.08. The largest absolute Gasteiger partial charge is 0.0663 e. The molecule has 0 nitrogen and oxygen atoms in total. The van der Waals surface area contributed by atoms with Gasteiger partial charge in [0.05, 0.1) is 0 Å². The summed E-state index contributed by atoms with van der Waals surface area (Å²) in [6, 6.07) is 0. The zero-order valence-corrected chi connectivity index (χ0v) is 9.70. The highest BCUT2D eigenvalue weighted by molar-refractivity contribution is 5.39. The SMILES string of the molecule is CCCC(C)(C)C1=CC(C)=C(C)C1.